The van der Waals surface area contributed by atoms with Crippen molar-refractivity contribution in [2.24, 2.45) is 0 Å². The second kappa shape index (κ2) is 6.83. The van der Waals surface area contributed by atoms with E-state index >= 15 is 0 Å². The first kappa shape index (κ1) is 16.6. The van der Waals surface area contributed by atoms with Gasteiger partial charge in [0.15, 0.2) is 0 Å². The van der Waals surface area contributed by atoms with Crippen molar-refractivity contribution in [3.05, 3.63) is 29.3 Å². The van der Waals surface area contributed by atoms with Crippen LogP contribution in [0.4, 0.5) is 0 Å². The normalized spacial score (nSPS) is 13.2. The third-order valence-electron chi connectivity index (χ3n) is 2.84. The van der Waals surface area contributed by atoms with Gasteiger partial charge in [0, 0.05) is 19.8 Å². The molecule has 0 spiro atoms. The Morgan fingerprint density at radius 1 is 1.45 bits per heavy atom. The summed E-state index contributed by atoms with van der Waals surface area (Å²) in [6.45, 7) is 3.80. The van der Waals surface area contributed by atoms with Gasteiger partial charge in [-0.3, -0.25) is 0 Å². The molecule has 0 saturated carbocycles. The lowest BCUT2D eigenvalue weighted by Crippen LogP contribution is -2.33. The number of methoxy groups -OCH3 is 1. The molecule has 0 bridgehead atoms. The number of aryl methyl sites for hydroxylation is 1. The molecule has 0 aliphatic carbocycles. The number of nitrogens with one attached hydrogen (secondary N) is 1. The Balaban J connectivity index is 3.03. The molecule has 0 saturated heterocycles. The fourth-order valence-electron chi connectivity index (χ4n) is 1.70. The number of carboxylic acid groups (broad SMARTS) is 1. The topological polar surface area (TPSA) is 92.7 Å². The lowest BCUT2D eigenvalue weighted by Gasteiger charge is -2.15. The molecule has 20 heavy (non-hydrogen) atoms. The van der Waals surface area contributed by atoms with E-state index in [4.69, 9.17) is 9.84 Å². The van der Waals surface area contributed by atoms with E-state index in [0.717, 1.165) is 0 Å². The van der Waals surface area contributed by atoms with Gasteiger partial charge in [0.1, 0.15) is 0 Å². The highest BCUT2D eigenvalue weighted by Gasteiger charge is 2.21. The van der Waals surface area contributed by atoms with Crippen LogP contribution >= 0.6 is 0 Å². The molecular formula is C13H19NO5S. The molecule has 1 rings (SSSR count). The van der Waals surface area contributed by atoms with Crippen LogP contribution in [0.3, 0.4) is 0 Å². The number of carboxylic acids is 1. The quantitative estimate of drug-likeness (QED) is 0.794. The van der Waals surface area contributed by atoms with E-state index in [1.165, 1.54) is 18.2 Å². The zero-order valence-corrected chi connectivity index (χ0v) is 12.5. The summed E-state index contributed by atoms with van der Waals surface area (Å²) in [5.74, 6) is -1.16. The molecule has 112 valence electrons. The van der Waals surface area contributed by atoms with Gasteiger partial charge in [-0.05, 0) is 38.0 Å². The monoisotopic (exact) mass is 301 g/mol. The third-order valence-corrected chi connectivity index (χ3v) is 4.57. The molecule has 7 heteroatoms. The second-order valence-electron chi connectivity index (χ2n) is 4.59. The minimum atomic E-state index is -3.75. The molecule has 1 unspecified atom stereocenters. The van der Waals surface area contributed by atoms with E-state index in [9.17, 15) is 13.2 Å². The van der Waals surface area contributed by atoms with E-state index < -0.39 is 16.0 Å². The van der Waals surface area contributed by atoms with Gasteiger partial charge in [-0.15, -0.1) is 0 Å². The molecule has 1 aromatic carbocycles. The second-order valence-corrected chi connectivity index (χ2v) is 6.27. The predicted molar refractivity (Wildman–Crippen MR) is 74.4 cm³/mol. The Morgan fingerprint density at radius 3 is 2.65 bits per heavy atom. The Bertz CT molecular complexity index is 582. The summed E-state index contributed by atoms with van der Waals surface area (Å²) in [7, 11) is -2.20. The number of ether oxygens (including phenoxy) is 1. The van der Waals surface area contributed by atoms with Crippen LogP contribution in [0.15, 0.2) is 23.1 Å². The zero-order chi connectivity index (χ0) is 15.3. The molecule has 0 aromatic heterocycles. The minimum Gasteiger partial charge on any atom is -0.478 e. The van der Waals surface area contributed by atoms with Crippen molar-refractivity contribution >= 4 is 16.0 Å². The number of carbonyl (C=O) groups is 1. The van der Waals surface area contributed by atoms with Crippen LogP contribution in [0.5, 0.6) is 0 Å². The first-order chi connectivity index (χ1) is 9.27. The average molecular weight is 301 g/mol. The van der Waals surface area contributed by atoms with Gasteiger partial charge in [0.25, 0.3) is 0 Å². The highest BCUT2D eigenvalue weighted by atomic mass is 32.2. The fraction of sp³-hybridized carbons (Fsp3) is 0.462. The molecular weight excluding hydrogens is 282 g/mol. The van der Waals surface area contributed by atoms with Crippen LogP contribution in [-0.4, -0.2) is 39.3 Å². The van der Waals surface area contributed by atoms with E-state index in [0.29, 0.717) is 18.6 Å². The highest BCUT2D eigenvalue weighted by molar-refractivity contribution is 7.89. The van der Waals surface area contributed by atoms with Crippen LogP contribution in [0.25, 0.3) is 0 Å². The maximum atomic E-state index is 12.3. The molecule has 0 radical (unpaired) electrons. The van der Waals surface area contributed by atoms with Crippen molar-refractivity contribution < 1.29 is 23.1 Å². The molecule has 2 N–H and O–H groups in total. The highest BCUT2D eigenvalue weighted by Crippen LogP contribution is 2.17. The maximum absolute atomic E-state index is 12.3. The largest absolute Gasteiger partial charge is 0.478 e. The number of benzene rings is 1. The van der Waals surface area contributed by atoms with Crippen molar-refractivity contribution in [3.63, 3.8) is 0 Å². The van der Waals surface area contributed by atoms with Gasteiger partial charge < -0.3 is 9.84 Å². The van der Waals surface area contributed by atoms with Crippen LogP contribution in [0.2, 0.25) is 0 Å². The number of hydrogen-bond acceptors (Lipinski definition) is 4. The first-order valence-electron chi connectivity index (χ1n) is 6.13. The number of hydrogen-bond donors (Lipinski definition) is 2. The number of aromatic carboxylic acids is 1. The maximum Gasteiger partial charge on any atom is 0.335 e. The van der Waals surface area contributed by atoms with Crippen molar-refractivity contribution in [3.8, 4) is 0 Å². The summed E-state index contributed by atoms with van der Waals surface area (Å²) in [6, 6.07) is 3.74. The SMILES string of the molecule is COCCC(C)NS(=O)(=O)c1cc(C(=O)O)ccc1C. The smallest absolute Gasteiger partial charge is 0.335 e. The van der Waals surface area contributed by atoms with E-state index in [2.05, 4.69) is 4.72 Å². The standard InChI is InChI=1S/C13H19NO5S/c1-9-4-5-11(13(15)16)8-12(9)20(17,18)14-10(2)6-7-19-3/h4-5,8,10,14H,6-7H2,1-3H3,(H,15,16). The summed E-state index contributed by atoms with van der Waals surface area (Å²) in [5, 5.41) is 8.93. The average Bonchev–Trinajstić information content (AvgIpc) is 2.35. The summed E-state index contributed by atoms with van der Waals surface area (Å²) in [4.78, 5) is 10.9. The van der Waals surface area contributed by atoms with Gasteiger partial charge in [-0.1, -0.05) is 6.07 Å². The first-order valence-corrected chi connectivity index (χ1v) is 7.61. The number of sulfonamides is 1. The van der Waals surface area contributed by atoms with Gasteiger partial charge in [-0.25, -0.2) is 17.9 Å². The Kier molecular flexibility index (Phi) is 5.67. The Morgan fingerprint density at radius 2 is 2.10 bits per heavy atom. The Labute approximate surface area is 118 Å². The zero-order valence-electron chi connectivity index (χ0n) is 11.7. The summed E-state index contributed by atoms with van der Waals surface area (Å²) in [6.07, 6.45) is 0.535. The summed E-state index contributed by atoms with van der Waals surface area (Å²) < 4.78 is 31.9. The summed E-state index contributed by atoms with van der Waals surface area (Å²) in [5.41, 5.74) is 0.446. The minimum absolute atomic E-state index is 0.0123. The lowest BCUT2D eigenvalue weighted by atomic mass is 10.1. The number of rotatable bonds is 7. The molecule has 0 amide bonds. The van der Waals surface area contributed by atoms with Crippen molar-refractivity contribution in [1.82, 2.24) is 4.72 Å². The van der Waals surface area contributed by atoms with Crippen molar-refractivity contribution in [1.29, 1.82) is 0 Å². The molecule has 0 aliphatic heterocycles. The van der Waals surface area contributed by atoms with E-state index in [-0.39, 0.29) is 16.5 Å². The van der Waals surface area contributed by atoms with Crippen LogP contribution in [0, 0.1) is 6.92 Å². The van der Waals surface area contributed by atoms with Gasteiger partial charge in [0.2, 0.25) is 10.0 Å². The van der Waals surface area contributed by atoms with Crippen LogP contribution in [-0.2, 0) is 14.8 Å². The molecule has 1 atom stereocenters. The van der Waals surface area contributed by atoms with Gasteiger partial charge in [0.05, 0.1) is 10.5 Å². The van der Waals surface area contributed by atoms with Crippen LogP contribution in [0.1, 0.15) is 29.3 Å². The van der Waals surface area contributed by atoms with Crippen molar-refractivity contribution in [2.75, 3.05) is 13.7 Å². The molecule has 0 heterocycles. The summed E-state index contributed by atoms with van der Waals surface area (Å²) >= 11 is 0. The molecule has 1 aromatic rings. The molecule has 6 nitrogen and oxygen atoms in total. The fourth-order valence-corrected chi connectivity index (χ4v) is 3.25. The van der Waals surface area contributed by atoms with Gasteiger partial charge in [-0.2, -0.15) is 0 Å². The van der Waals surface area contributed by atoms with Gasteiger partial charge >= 0.3 is 5.97 Å². The lowest BCUT2D eigenvalue weighted by molar-refractivity contribution is 0.0696. The molecule has 0 aliphatic rings. The third kappa shape index (κ3) is 4.29. The van der Waals surface area contributed by atoms with E-state index in [1.807, 2.05) is 0 Å². The van der Waals surface area contributed by atoms with Crippen LogP contribution < -0.4 is 4.72 Å². The van der Waals surface area contributed by atoms with E-state index in [1.54, 1.807) is 21.0 Å². The molecule has 0 fully saturated rings. The Hall–Kier alpha value is -1.44. The van der Waals surface area contributed by atoms with Crippen molar-refractivity contribution in [2.45, 2.75) is 31.2 Å². The predicted octanol–water partition coefficient (Wildman–Crippen LogP) is 1.40.